The van der Waals surface area contributed by atoms with Gasteiger partial charge in [0, 0.05) is 22.4 Å². The molecule has 10 heteroatoms. The van der Waals surface area contributed by atoms with Crippen LogP contribution in [0.25, 0.3) is 16.9 Å². The first-order valence-corrected chi connectivity index (χ1v) is 12.5. The predicted octanol–water partition coefficient (Wildman–Crippen LogP) is 8.20. The van der Waals surface area contributed by atoms with Crippen LogP contribution in [0.1, 0.15) is 36.6 Å². The van der Waals surface area contributed by atoms with Crippen LogP contribution in [0.4, 0.5) is 18.9 Å². The summed E-state index contributed by atoms with van der Waals surface area (Å²) < 4.78 is 46.9. The Bertz CT molecular complexity index is 1480. The molecule has 0 amide bonds. The molecule has 1 aromatic heterocycles. The maximum Gasteiger partial charge on any atom is 0.573 e. The maximum atomic E-state index is 12.4. The van der Waals surface area contributed by atoms with Crippen molar-refractivity contribution in [2.75, 3.05) is 5.32 Å². The van der Waals surface area contributed by atoms with E-state index in [-0.39, 0.29) is 10.9 Å². The van der Waals surface area contributed by atoms with Gasteiger partial charge < -0.3 is 14.6 Å². The third kappa shape index (κ3) is 5.75. The van der Waals surface area contributed by atoms with E-state index in [9.17, 15) is 13.2 Å². The molecule has 194 valence electrons. The number of fused-ring (bicyclic) bond motifs is 2. The lowest BCUT2D eigenvalue weighted by Gasteiger charge is -2.21. The molecule has 0 unspecified atom stereocenters. The minimum Gasteiger partial charge on any atom is -0.406 e. The van der Waals surface area contributed by atoms with Gasteiger partial charge in [-0.15, -0.1) is 18.3 Å². The number of hydrogen-bond acceptors (Lipinski definition) is 5. The first-order valence-electron chi connectivity index (χ1n) is 12.0. The quantitative estimate of drug-likeness (QED) is 0.263. The van der Waals surface area contributed by atoms with Gasteiger partial charge in [-0.2, -0.15) is 5.11 Å². The molecule has 0 fully saturated rings. The van der Waals surface area contributed by atoms with Crippen molar-refractivity contribution >= 4 is 28.6 Å². The average Bonchev–Trinajstić information content (AvgIpc) is 3.33. The first kappa shape index (κ1) is 25.6. The summed E-state index contributed by atoms with van der Waals surface area (Å²) in [4.78, 5) is 0. The molecule has 3 aromatic rings. The largest absolute Gasteiger partial charge is 0.573 e. The number of thiocarbonyl (C=S) groups is 1. The van der Waals surface area contributed by atoms with Gasteiger partial charge in [-0.3, -0.25) is 0 Å². The molecule has 6 nitrogen and oxygen atoms in total. The van der Waals surface area contributed by atoms with Gasteiger partial charge in [0.2, 0.25) is 5.11 Å². The standard InChI is InChI=1S/C28H23F3N4O2S/c1-2-18-5-3-4-6-24(18)33-27(38)34-32-16-17-7-13-22-20(15-17)10-14-23-25(22)35-37-26(23)19-8-11-21(12-9-19)36-28(29,30)31/h3-9,11-13,16H,2,10,14-15H2,1H3,(H,33,38)/b17-16+,34-32?. The second kappa shape index (κ2) is 10.7. The number of aryl methyl sites for hydroxylation is 1. The van der Waals surface area contributed by atoms with Crippen LogP contribution in [0, 0.1) is 0 Å². The molecular formula is C28H23F3N4O2S. The Hall–Kier alpha value is -4.05. The van der Waals surface area contributed by atoms with Gasteiger partial charge in [0.1, 0.15) is 11.4 Å². The van der Waals surface area contributed by atoms with Crippen LogP contribution >= 0.6 is 12.2 Å². The first-order chi connectivity index (χ1) is 18.3. The summed E-state index contributed by atoms with van der Waals surface area (Å²) in [6.45, 7) is 2.08. The Balaban J connectivity index is 1.26. The van der Waals surface area contributed by atoms with Crippen molar-refractivity contribution in [3.05, 3.63) is 94.8 Å². The van der Waals surface area contributed by atoms with E-state index in [1.807, 2.05) is 36.4 Å². The topological polar surface area (TPSA) is 72.0 Å². The number of ether oxygens (including phenoxy) is 1. The molecule has 0 bridgehead atoms. The molecule has 0 saturated carbocycles. The van der Waals surface area contributed by atoms with Crippen LogP contribution in [-0.2, 0) is 12.8 Å². The summed E-state index contributed by atoms with van der Waals surface area (Å²) in [5.74, 6) is 0.271. The fourth-order valence-electron chi connectivity index (χ4n) is 4.58. The summed E-state index contributed by atoms with van der Waals surface area (Å²) in [6, 6.07) is 13.5. The molecule has 0 aliphatic heterocycles. The molecule has 0 radical (unpaired) electrons. The number of para-hydroxylation sites is 1. The van der Waals surface area contributed by atoms with Crippen LogP contribution in [0.15, 0.2) is 92.8 Å². The Morgan fingerprint density at radius 1 is 1.13 bits per heavy atom. The zero-order valence-corrected chi connectivity index (χ0v) is 21.2. The average molecular weight is 537 g/mol. The van der Waals surface area contributed by atoms with E-state index < -0.39 is 6.36 Å². The third-order valence-electron chi connectivity index (χ3n) is 6.34. The third-order valence-corrected chi connectivity index (χ3v) is 6.53. The van der Waals surface area contributed by atoms with E-state index in [1.54, 1.807) is 6.20 Å². The molecule has 2 aliphatic rings. The van der Waals surface area contributed by atoms with Gasteiger partial charge in [-0.05, 0) is 79.4 Å². The van der Waals surface area contributed by atoms with E-state index in [1.165, 1.54) is 29.8 Å². The number of benzene rings is 2. The molecule has 1 N–H and O–H groups in total. The number of hydrogen-bond donors (Lipinski definition) is 1. The van der Waals surface area contributed by atoms with E-state index in [0.717, 1.165) is 46.5 Å². The minimum atomic E-state index is -4.73. The minimum absolute atomic E-state index is 0.284. The molecule has 0 atom stereocenters. The lowest BCUT2D eigenvalue weighted by atomic mass is 9.82. The summed E-state index contributed by atoms with van der Waals surface area (Å²) in [5, 5.41) is 16.0. The predicted molar refractivity (Wildman–Crippen MR) is 143 cm³/mol. The Labute approximate surface area is 222 Å². The molecular weight excluding hydrogens is 513 g/mol. The fourth-order valence-corrected chi connectivity index (χ4v) is 4.73. The van der Waals surface area contributed by atoms with Crippen molar-refractivity contribution in [3.8, 4) is 17.1 Å². The number of nitrogens with one attached hydrogen (secondary N) is 1. The summed E-state index contributed by atoms with van der Waals surface area (Å²) >= 11 is 5.32. The Morgan fingerprint density at radius 3 is 2.68 bits per heavy atom. The van der Waals surface area contributed by atoms with Gasteiger partial charge in [0.15, 0.2) is 5.76 Å². The van der Waals surface area contributed by atoms with E-state index >= 15 is 0 Å². The lowest BCUT2D eigenvalue weighted by Crippen LogP contribution is -2.16. The summed E-state index contributed by atoms with van der Waals surface area (Å²) in [6.07, 6.45) is 4.02. The van der Waals surface area contributed by atoms with Gasteiger partial charge in [0.25, 0.3) is 0 Å². The fraction of sp³-hybridized carbons (Fsp3) is 0.214. The number of allylic oxidation sites excluding steroid dienone is 5. The van der Waals surface area contributed by atoms with Gasteiger partial charge >= 0.3 is 6.36 Å². The second-order valence-corrected chi connectivity index (χ2v) is 9.19. The van der Waals surface area contributed by atoms with Gasteiger partial charge in [-0.1, -0.05) is 48.0 Å². The zero-order chi connectivity index (χ0) is 26.7. The number of azo groups is 1. The highest BCUT2D eigenvalue weighted by Gasteiger charge is 2.31. The highest BCUT2D eigenvalue weighted by molar-refractivity contribution is 7.80. The molecule has 0 saturated heterocycles. The van der Waals surface area contributed by atoms with Crippen LogP contribution in [-0.4, -0.2) is 16.6 Å². The Kier molecular flexibility index (Phi) is 7.24. The molecule has 38 heavy (non-hydrogen) atoms. The van der Waals surface area contributed by atoms with Gasteiger partial charge in [0.05, 0.1) is 6.20 Å². The summed E-state index contributed by atoms with van der Waals surface area (Å²) in [5.41, 5.74) is 7.63. The SMILES string of the molecule is CCc1ccccc1NC(=S)N=N/C=C1\C=CC2=C(CCc3c2noc3-c2ccc(OC(F)(F)F)cc2)C1. The number of halogens is 3. The number of aromatic nitrogens is 1. The van der Waals surface area contributed by atoms with Crippen molar-refractivity contribution in [2.45, 2.75) is 39.0 Å². The normalized spacial score (nSPS) is 16.1. The van der Waals surface area contributed by atoms with Crippen LogP contribution < -0.4 is 10.1 Å². The highest BCUT2D eigenvalue weighted by Crippen LogP contribution is 2.42. The monoisotopic (exact) mass is 536 g/mol. The number of rotatable bonds is 5. The molecule has 1 heterocycles. The van der Waals surface area contributed by atoms with E-state index in [0.29, 0.717) is 24.2 Å². The number of anilines is 1. The summed E-state index contributed by atoms with van der Waals surface area (Å²) in [7, 11) is 0. The smallest absolute Gasteiger partial charge is 0.406 e. The van der Waals surface area contributed by atoms with Gasteiger partial charge in [-0.25, -0.2) is 0 Å². The molecule has 2 aliphatic carbocycles. The zero-order valence-electron chi connectivity index (χ0n) is 20.4. The molecule has 5 rings (SSSR count). The molecule has 0 spiro atoms. The van der Waals surface area contributed by atoms with Crippen LogP contribution in [0.2, 0.25) is 0 Å². The van der Waals surface area contributed by atoms with Crippen molar-refractivity contribution in [1.82, 2.24) is 5.16 Å². The lowest BCUT2D eigenvalue weighted by molar-refractivity contribution is -0.274. The van der Waals surface area contributed by atoms with Crippen molar-refractivity contribution in [1.29, 1.82) is 0 Å². The number of nitrogens with zero attached hydrogens (tertiary/aromatic N) is 3. The molecule has 2 aromatic carbocycles. The second-order valence-electron chi connectivity index (χ2n) is 8.80. The van der Waals surface area contributed by atoms with Crippen molar-refractivity contribution in [3.63, 3.8) is 0 Å². The van der Waals surface area contributed by atoms with Crippen molar-refractivity contribution < 1.29 is 22.4 Å². The number of alkyl halides is 3. The maximum absolute atomic E-state index is 12.4. The van der Waals surface area contributed by atoms with Crippen molar-refractivity contribution in [2.24, 2.45) is 10.2 Å². The van der Waals surface area contributed by atoms with Crippen LogP contribution in [0.5, 0.6) is 5.75 Å². The van der Waals surface area contributed by atoms with E-state index in [2.05, 4.69) is 32.4 Å². The van der Waals surface area contributed by atoms with Crippen LogP contribution in [0.3, 0.4) is 0 Å². The Morgan fingerprint density at radius 2 is 1.92 bits per heavy atom. The van der Waals surface area contributed by atoms with E-state index in [4.69, 9.17) is 16.7 Å². The highest BCUT2D eigenvalue weighted by atomic mass is 32.1.